The molecule has 20 heavy (non-hydrogen) atoms. The van der Waals surface area contributed by atoms with Gasteiger partial charge in [0.05, 0.1) is 0 Å². The lowest BCUT2D eigenvalue weighted by Crippen LogP contribution is -2.15. The first-order valence-electron chi connectivity index (χ1n) is 7.08. The third-order valence-electron chi connectivity index (χ3n) is 3.75. The summed E-state index contributed by atoms with van der Waals surface area (Å²) in [7, 11) is 0. The van der Waals surface area contributed by atoms with E-state index in [2.05, 4.69) is 16.4 Å². The second-order valence-corrected chi connectivity index (χ2v) is 5.65. The molecular weight excluding hydrogens is 251 g/mol. The molecule has 0 bridgehead atoms. The van der Waals surface area contributed by atoms with Crippen LogP contribution in [-0.4, -0.2) is 11.0 Å². The van der Waals surface area contributed by atoms with E-state index < -0.39 is 0 Å². The van der Waals surface area contributed by atoms with Crippen LogP contribution in [0.5, 0.6) is 0 Å². The van der Waals surface area contributed by atoms with Gasteiger partial charge < -0.3 is 5.32 Å². The normalized spacial score (nSPS) is 14.6. The summed E-state index contributed by atoms with van der Waals surface area (Å²) in [5, 5.41) is 3.49. The molecule has 0 radical (unpaired) electrons. The van der Waals surface area contributed by atoms with E-state index in [9.17, 15) is 4.39 Å². The van der Waals surface area contributed by atoms with Crippen LogP contribution >= 0.6 is 0 Å². The highest BCUT2D eigenvalue weighted by atomic mass is 19.1. The lowest BCUT2D eigenvalue weighted by Gasteiger charge is -2.11. The summed E-state index contributed by atoms with van der Waals surface area (Å²) in [4.78, 5) is 4.33. The molecule has 1 fully saturated rings. The molecule has 1 aromatic carbocycles. The summed E-state index contributed by atoms with van der Waals surface area (Å²) in [6, 6.07) is 6.00. The third-order valence-corrected chi connectivity index (χ3v) is 3.75. The van der Waals surface area contributed by atoms with Gasteiger partial charge in [-0.15, -0.1) is 0 Å². The van der Waals surface area contributed by atoms with Crippen molar-refractivity contribution in [3.8, 4) is 11.1 Å². The fourth-order valence-corrected chi connectivity index (χ4v) is 2.64. The van der Waals surface area contributed by atoms with Crippen molar-refractivity contribution in [1.29, 1.82) is 0 Å². The van der Waals surface area contributed by atoms with E-state index in [4.69, 9.17) is 0 Å². The topological polar surface area (TPSA) is 24.9 Å². The number of hydrogen-bond donors (Lipinski definition) is 1. The number of halogens is 1. The van der Waals surface area contributed by atoms with Gasteiger partial charge in [-0.2, -0.15) is 0 Å². The number of aromatic nitrogens is 1. The van der Waals surface area contributed by atoms with Gasteiger partial charge in [0.15, 0.2) is 0 Å². The Labute approximate surface area is 119 Å². The van der Waals surface area contributed by atoms with Crippen LogP contribution in [0.2, 0.25) is 0 Å². The zero-order chi connectivity index (χ0) is 14.1. The maximum atomic E-state index is 13.4. The first-order chi connectivity index (χ1) is 9.63. The molecule has 2 nitrogen and oxygen atoms in total. The van der Waals surface area contributed by atoms with Gasteiger partial charge in [-0.05, 0) is 67.1 Å². The number of rotatable bonds is 4. The van der Waals surface area contributed by atoms with Gasteiger partial charge in [0.1, 0.15) is 5.82 Å². The quantitative estimate of drug-likeness (QED) is 0.915. The first kappa shape index (κ1) is 13.3. The van der Waals surface area contributed by atoms with Crippen LogP contribution in [0.1, 0.15) is 29.5 Å². The third kappa shape index (κ3) is 2.88. The van der Waals surface area contributed by atoms with Crippen LogP contribution in [-0.2, 0) is 6.54 Å². The Morgan fingerprint density at radius 1 is 1.15 bits per heavy atom. The summed E-state index contributed by atoms with van der Waals surface area (Å²) in [5.74, 6) is -0.178. The van der Waals surface area contributed by atoms with Gasteiger partial charge in [-0.25, -0.2) is 4.39 Å². The molecule has 1 heterocycles. The highest BCUT2D eigenvalue weighted by Crippen LogP contribution is 2.28. The van der Waals surface area contributed by atoms with E-state index in [1.54, 1.807) is 12.1 Å². The number of benzene rings is 1. The Morgan fingerprint density at radius 3 is 2.50 bits per heavy atom. The zero-order valence-electron chi connectivity index (χ0n) is 11.9. The van der Waals surface area contributed by atoms with Gasteiger partial charge in [-0.3, -0.25) is 4.98 Å². The van der Waals surface area contributed by atoms with Gasteiger partial charge in [0, 0.05) is 30.5 Å². The molecular formula is C17H19FN2. The second-order valence-electron chi connectivity index (χ2n) is 5.65. The predicted molar refractivity (Wildman–Crippen MR) is 79.0 cm³/mol. The molecule has 1 aliphatic rings. The van der Waals surface area contributed by atoms with Crippen molar-refractivity contribution in [2.75, 3.05) is 0 Å². The first-order valence-corrected chi connectivity index (χ1v) is 7.08. The predicted octanol–water partition coefficient (Wildman–Crippen LogP) is 3.76. The van der Waals surface area contributed by atoms with E-state index in [0.29, 0.717) is 6.04 Å². The average molecular weight is 270 g/mol. The molecule has 1 saturated carbocycles. The van der Waals surface area contributed by atoms with Crippen LogP contribution < -0.4 is 5.32 Å². The van der Waals surface area contributed by atoms with E-state index in [1.165, 1.54) is 18.4 Å². The fraction of sp³-hybridized carbons (Fsp3) is 0.353. The molecule has 0 spiro atoms. The van der Waals surface area contributed by atoms with E-state index in [1.807, 2.05) is 26.2 Å². The molecule has 0 unspecified atom stereocenters. The van der Waals surface area contributed by atoms with Gasteiger partial charge in [0.2, 0.25) is 0 Å². The Kier molecular flexibility index (Phi) is 3.53. The van der Waals surface area contributed by atoms with Crippen LogP contribution in [0.25, 0.3) is 11.1 Å². The van der Waals surface area contributed by atoms with E-state index >= 15 is 0 Å². The van der Waals surface area contributed by atoms with Crippen LogP contribution in [0, 0.1) is 19.7 Å². The number of hydrogen-bond acceptors (Lipinski definition) is 2. The van der Waals surface area contributed by atoms with Crippen molar-refractivity contribution in [2.45, 2.75) is 39.3 Å². The average Bonchev–Trinajstić information content (AvgIpc) is 3.19. The van der Waals surface area contributed by atoms with Crippen molar-refractivity contribution in [2.24, 2.45) is 0 Å². The monoisotopic (exact) mass is 270 g/mol. The Bertz CT molecular complexity index is 610. The molecule has 104 valence electrons. The molecule has 0 atom stereocenters. The minimum absolute atomic E-state index is 0.178. The highest BCUT2D eigenvalue weighted by Gasteiger charge is 2.20. The molecule has 3 heteroatoms. The Morgan fingerprint density at radius 2 is 1.85 bits per heavy atom. The zero-order valence-corrected chi connectivity index (χ0v) is 11.9. The summed E-state index contributed by atoms with van der Waals surface area (Å²) in [6.45, 7) is 4.74. The summed E-state index contributed by atoms with van der Waals surface area (Å²) in [6.07, 6.45) is 6.31. The minimum atomic E-state index is -0.178. The summed E-state index contributed by atoms with van der Waals surface area (Å²) in [5.41, 5.74) is 5.24. The maximum Gasteiger partial charge on any atom is 0.123 e. The molecule has 0 amide bonds. The van der Waals surface area contributed by atoms with Crippen molar-refractivity contribution < 1.29 is 4.39 Å². The van der Waals surface area contributed by atoms with Crippen molar-refractivity contribution in [3.63, 3.8) is 0 Å². The number of nitrogens with one attached hydrogen (secondary N) is 1. The SMILES string of the molecule is Cc1cc(F)cc(C)c1-c1cncc(CNC2CC2)c1. The van der Waals surface area contributed by atoms with Gasteiger partial charge in [-0.1, -0.05) is 0 Å². The van der Waals surface area contributed by atoms with E-state index in [0.717, 1.165) is 28.8 Å². The molecule has 3 rings (SSSR count). The Balaban J connectivity index is 1.91. The van der Waals surface area contributed by atoms with Crippen LogP contribution in [0.4, 0.5) is 4.39 Å². The fourth-order valence-electron chi connectivity index (χ4n) is 2.64. The number of pyridine rings is 1. The molecule has 1 aliphatic carbocycles. The van der Waals surface area contributed by atoms with Gasteiger partial charge in [0.25, 0.3) is 0 Å². The Hall–Kier alpha value is -1.74. The molecule has 1 N–H and O–H groups in total. The van der Waals surface area contributed by atoms with E-state index in [-0.39, 0.29) is 5.82 Å². The van der Waals surface area contributed by atoms with Crippen LogP contribution in [0.15, 0.2) is 30.6 Å². The molecule has 0 saturated heterocycles. The maximum absolute atomic E-state index is 13.4. The second kappa shape index (κ2) is 5.33. The molecule has 0 aliphatic heterocycles. The highest BCUT2D eigenvalue weighted by molar-refractivity contribution is 5.70. The lowest BCUT2D eigenvalue weighted by atomic mass is 9.96. The minimum Gasteiger partial charge on any atom is -0.310 e. The standard InChI is InChI=1S/C17H19FN2/c1-11-5-15(18)6-12(2)17(11)14-7-13(8-19-10-14)9-20-16-3-4-16/h5-8,10,16,20H,3-4,9H2,1-2H3. The van der Waals surface area contributed by atoms with Crippen molar-refractivity contribution >= 4 is 0 Å². The number of nitrogens with zero attached hydrogens (tertiary/aromatic N) is 1. The van der Waals surface area contributed by atoms with Crippen molar-refractivity contribution in [1.82, 2.24) is 10.3 Å². The smallest absolute Gasteiger partial charge is 0.123 e. The molecule has 2 aromatic rings. The molecule has 1 aromatic heterocycles. The van der Waals surface area contributed by atoms with Crippen LogP contribution in [0.3, 0.4) is 0 Å². The lowest BCUT2D eigenvalue weighted by molar-refractivity contribution is 0.625. The summed E-state index contributed by atoms with van der Waals surface area (Å²) >= 11 is 0. The number of aryl methyl sites for hydroxylation is 2. The largest absolute Gasteiger partial charge is 0.310 e. The summed E-state index contributed by atoms with van der Waals surface area (Å²) < 4.78 is 13.4. The van der Waals surface area contributed by atoms with Gasteiger partial charge >= 0.3 is 0 Å². The van der Waals surface area contributed by atoms with Crippen molar-refractivity contribution in [3.05, 3.63) is 53.1 Å².